The summed E-state index contributed by atoms with van der Waals surface area (Å²) in [5.74, 6) is -0.875. The monoisotopic (exact) mass is 465 g/mol. The molecule has 0 aliphatic heterocycles. The summed E-state index contributed by atoms with van der Waals surface area (Å²) in [6, 6.07) is 11.5. The van der Waals surface area contributed by atoms with Crippen LogP contribution >= 0.6 is 11.6 Å². The van der Waals surface area contributed by atoms with Crippen LogP contribution < -0.4 is 9.62 Å². The molecule has 0 aromatic heterocycles. The van der Waals surface area contributed by atoms with Crippen LogP contribution in [0.15, 0.2) is 42.5 Å². The Morgan fingerprint density at radius 3 is 2.32 bits per heavy atom. The number of nitrogens with one attached hydrogen (secondary N) is 1. The average molecular weight is 466 g/mol. The van der Waals surface area contributed by atoms with Crippen molar-refractivity contribution in [1.82, 2.24) is 10.2 Å². The third kappa shape index (κ3) is 5.98. The van der Waals surface area contributed by atoms with Crippen molar-refractivity contribution in [3.8, 4) is 0 Å². The van der Waals surface area contributed by atoms with Gasteiger partial charge in [0.25, 0.3) is 0 Å². The highest BCUT2D eigenvalue weighted by atomic mass is 35.5. The standard InChI is InChI=1S/C22H28ClN3O4S/c1-15-9-8-12-20(16(15)2)26(31(5,29)30)14-21(27)25(17(3)22(28)24-4)13-18-10-6-7-11-19(18)23/h6-12,17H,13-14H2,1-5H3,(H,24,28)/t17-/m1/s1. The topological polar surface area (TPSA) is 86.8 Å². The Bertz CT molecular complexity index is 1070. The molecule has 0 aliphatic rings. The summed E-state index contributed by atoms with van der Waals surface area (Å²) in [5.41, 5.74) is 2.76. The number of nitrogens with zero attached hydrogens (tertiary/aromatic N) is 2. The maximum atomic E-state index is 13.3. The van der Waals surface area contributed by atoms with Crippen LogP contribution in [0.5, 0.6) is 0 Å². The summed E-state index contributed by atoms with van der Waals surface area (Å²) in [4.78, 5) is 27.0. The number of likely N-dealkylation sites (N-methyl/N-ethyl adjacent to an activating group) is 1. The molecule has 0 aliphatic carbocycles. The summed E-state index contributed by atoms with van der Waals surface area (Å²) >= 11 is 6.26. The van der Waals surface area contributed by atoms with Crippen LogP contribution in [-0.4, -0.2) is 51.0 Å². The van der Waals surface area contributed by atoms with Crippen molar-refractivity contribution in [1.29, 1.82) is 0 Å². The maximum absolute atomic E-state index is 13.3. The number of sulfonamides is 1. The molecule has 2 amide bonds. The number of anilines is 1. The fraction of sp³-hybridized carbons (Fsp3) is 0.364. The van der Waals surface area contributed by atoms with Gasteiger partial charge in [-0.15, -0.1) is 0 Å². The second kappa shape index (κ2) is 10.2. The highest BCUT2D eigenvalue weighted by Gasteiger charge is 2.30. The lowest BCUT2D eigenvalue weighted by molar-refractivity contribution is -0.139. The van der Waals surface area contributed by atoms with Gasteiger partial charge in [-0.2, -0.15) is 0 Å². The van der Waals surface area contributed by atoms with E-state index in [9.17, 15) is 18.0 Å². The van der Waals surface area contributed by atoms with Gasteiger partial charge >= 0.3 is 0 Å². The number of benzene rings is 2. The van der Waals surface area contributed by atoms with Crippen LogP contribution in [0.2, 0.25) is 5.02 Å². The summed E-state index contributed by atoms with van der Waals surface area (Å²) in [7, 11) is -2.28. The molecular weight excluding hydrogens is 438 g/mol. The number of amides is 2. The van der Waals surface area contributed by atoms with Gasteiger partial charge in [-0.25, -0.2) is 8.42 Å². The third-order valence-corrected chi connectivity index (χ3v) is 6.73. The van der Waals surface area contributed by atoms with Crippen LogP contribution in [0.3, 0.4) is 0 Å². The first-order chi connectivity index (χ1) is 14.5. The Morgan fingerprint density at radius 2 is 1.74 bits per heavy atom. The van der Waals surface area contributed by atoms with Crippen LogP contribution in [0.25, 0.3) is 0 Å². The first-order valence-corrected chi connectivity index (χ1v) is 12.0. The van der Waals surface area contributed by atoms with Crippen LogP contribution in [0.1, 0.15) is 23.6 Å². The number of carbonyl (C=O) groups excluding carboxylic acids is 2. The average Bonchev–Trinajstić information content (AvgIpc) is 2.71. The molecule has 2 aromatic rings. The fourth-order valence-electron chi connectivity index (χ4n) is 3.20. The normalized spacial score (nSPS) is 12.2. The van der Waals surface area contributed by atoms with Crippen molar-refractivity contribution in [2.24, 2.45) is 0 Å². The molecule has 7 nitrogen and oxygen atoms in total. The zero-order valence-corrected chi connectivity index (χ0v) is 19.9. The number of hydrogen-bond acceptors (Lipinski definition) is 4. The fourth-order valence-corrected chi connectivity index (χ4v) is 4.30. The Hall–Kier alpha value is -2.58. The zero-order chi connectivity index (χ0) is 23.3. The van der Waals surface area contributed by atoms with E-state index < -0.39 is 28.5 Å². The van der Waals surface area contributed by atoms with Gasteiger partial charge in [0, 0.05) is 18.6 Å². The van der Waals surface area contributed by atoms with Crippen molar-refractivity contribution >= 4 is 39.1 Å². The molecule has 0 bridgehead atoms. The van der Waals surface area contributed by atoms with Crippen LogP contribution in [0, 0.1) is 13.8 Å². The molecule has 2 rings (SSSR count). The molecule has 9 heteroatoms. The molecule has 0 fully saturated rings. The van der Waals surface area contributed by atoms with Gasteiger partial charge in [0.15, 0.2) is 0 Å². The molecule has 0 saturated carbocycles. The molecule has 1 N–H and O–H groups in total. The first kappa shape index (κ1) is 24.7. The van der Waals surface area contributed by atoms with E-state index in [-0.39, 0.29) is 12.5 Å². The van der Waals surface area contributed by atoms with E-state index in [1.807, 2.05) is 19.9 Å². The van der Waals surface area contributed by atoms with Crippen LogP contribution in [-0.2, 0) is 26.2 Å². The smallest absolute Gasteiger partial charge is 0.244 e. The lowest BCUT2D eigenvalue weighted by Crippen LogP contribution is -2.50. The van der Waals surface area contributed by atoms with Crippen molar-refractivity contribution < 1.29 is 18.0 Å². The van der Waals surface area contributed by atoms with Crippen molar-refractivity contribution in [2.75, 3.05) is 24.2 Å². The highest BCUT2D eigenvalue weighted by Crippen LogP contribution is 2.26. The van der Waals surface area contributed by atoms with Gasteiger partial charge in [-0.3, -0.25) is 13.9 Å². The van der Waals surface area contributed by atoms with E-state index in [2.05, 4.69) is 5.32 Å². The Labute approximate surface area is 189 Å². The van der Waals surface area contributed by atoms with Gasteiger partial charge < -0.3 is 10.2 Å². The number of rotatable bonds is 8. The Morgan fingerprint density at radius 1 is 1.10 bits per heavy atom. The van der Waals surface area contributed by atoms with Gasteiger partial charge in [0.1, 0.15) is 12.6 Å². The number of hydrogen-bond donors (Lipinski definition) is 1. The van der Waals surface area contributed by atoms with E-state index in [1.54, 1.807) is 43.3 Å². The maximum Gasteiger partial charge on any atom is 0.244 e. The van der Waals surface area contributed by atoms with Crippen molar-refractivity contribution in [3.05, 3.63) is 64.2 Å². The van der Waals surface area contributed by atoms with E-state index in [1.165, 1.54) is 11.9 Å². The highest BCUT2D eigenvalue weighted by molar-refractivity contribution is 7.92. The minimum absolute atomic E-state index is 0.0670. The number of halogens is 1. The van der Waals surface area contributed by atoms with Gasteiger partial charge in [-0.05, 0) is 49.6 Å². The largest absolute Gasteiger partial charge is 0.357 e. The van der Waals surface area contributed by atoms with E-state index in [4.69, 9.17) is 11.6 Å². The van der Waals surface area contributed by atoms with Gasteiger partial charge in [0.2, 0.25) is 21.8 Å². The number of carbonyl (C=O) groups is 2. The quantitative estimate of drug-likeness (QED) is 0.649. The summed E-state index contributed by atoms with van der Waals surface area (Å²) in [5, 5.41) is 2.99. The van der Waals surface area contributed by atoms with Crippen molar-refractivity contribution in [2.45, 2.75) is 33.4 Å². The molecule has 0 saturated heterocycles. The summed E-state index contributed by atoms with van der Waals surface area (Å²) < 4.78 is 26.2. The molecule has 0 heterocycles. The molecule has 1 atom stereocenters. The number of aryl methyl sites for hydroxylation is 1. The van der Waals surface area contributed by atoms with E-state index in [0.717, 1.165) is 21.7 Å². The predicted octanol–water partition coefficient (Wildman–Crippen LogP) is 2.89. The lowest BCUT2D eigenvalue weighted by atomic mass is 10.1. The Kier molecular flexibility index (Phi) is 8.08. The molecule has 0 spiro atoms. The molecule has 0 radical (unpaired) electrons. The van der Waals surface area contributed by atoms with Crippen molar-refractivity contribution in [3.63, 3.8) is 0 Å². The zero-order valence-electron chi connectivity index (χ0n) is 18.3. The minimum Gasteiger partial charge on any atom is -0.357 e. The predicted molar refractivity (Wildman–Crippen MR) is 124 cm³/mol. The summed E-state index contributed by atoms with van der Waals surface area (Å²) in [6.45, 7) is 4.91. The molecule has 2 aromatic carbocycles. The second-order valence-electron chi connectivity index (χ2n) is 7.39. The van der Waals surface area contributed by atoms with E-state index >= 15 is 0 Å². The lowest BCUT2D eigenvalue weighted by Gasteiger charge is -2.32. The van der Waals surface area contributed by atoms with Gasteiger partial charge in [-0.1, -0.05) is 41.9 Å². The molecular formula is C22H28ClN3O4S. The third-order valence-electron chi connectivity index (χ3n) is 5.24. The minimum atomic E-state index is -3.76. The summed E-state index contributed by atoms with van der Waals surface area (Å²) in [6.07, 6.45) is 1.06. The van der Waals surface area contributed by atoms with Crippen LogP contribution in [0.4, 0.5) is 5.69 Å². The second-order valence-corrected chi connectivity index (χ2v) is 9.71. The van der Waals surface area contributed by atoms with Gasteiger partial charge in [0.05, 0.1) is 11.9 Å². The molecule has 31 heavy (non-hydrogen) atoms. The SMILES string of the molecule is CNC(=O)[C@@H](C)N(Cc1ccccc1Cl)C(=O)CN(c1cccc(C)c1C)S(C)(=O)=O. The van der Waals surface area contributed by atoms with E-state index in [0.29, 0.717) is 16.3 Å². The Balaban J connectivity index is 2.45. The molecule has 0 unspecified atom stereocenters. The molecule has 168 valence electrons. The first-order valence-electron chi connectivity index (χ1n) is 9.75.